The van der Waals surface area contributed by atoms with Gasteiger partial charge < -0.3 is 10.1 Å². The third kappa shape index (κ3) is 3.12. The van der Waals surface area contributed by atoms with Crippen LogP contribution in [0.2, 0.25) is 0 Å². The Kier molecular flexibility index (Phi) is 4.16. The monoisotopic (exact) mass is 261 g/mol. The maximum Gasteiger partial charge on any atom is 0.253 e. The van der Waals surface area contributed by atoms with E-state index in [4.69, 9.17) is 4.74 Å². The number of hydrogen-bond acceptors (Lipinski definition) is 3. The molecule has 1 saturated heterocycles. The summed E-state index contributed by atoms with van der Waals surface area (Å²) in [5.74, 6) is 0.449. The molecule has 0 radical (unpaired) electrons. The first-order chi connectivity index (χ1) is 9.11. The first-order valence-electron chi connectivity index (χ1n) is 6.29. The van der Waals surface area contributed by atoms with Gasteiger partial charge in [0.25, 0.3) is 5.91 Å². The number of amides is 1. The molecule has 5 heteroatoms. The van der Waals surface area contributed by atoms with Gasteiger partial charge in [0.2, 0.25) is 0 Å². The standard InChI is InChI=1S/C14H19N3O2/c1-9-4-5-11(8-10(9)2)12-13(18)17-14(16-12)15-6-7-19-3/h4-5,8,12H,6-7H2,1-3H3,(H2,15,16,17,18). The molecule has 1 aromatic carbocycles. The average Bonchev–Trinajstić information content (AvgIpc) is 2.74. The van der Waals surface area contributed by atoms with E-state index in [2.05, 4.69) is 22.5 Å². The molecule has 1 fully saturated rings. The molecule has 2 rings (SSSR count). The van der Waals surface area contributed by atoms with Crippen molar-refractivity contribution in [2.24, 2.45) is 4.99 Å². The fraction of sp³-hybridized carbons (Fsp3) is 0.429. The quantitative estimate of drug-likeness (QED) is 0.797. The molecule has 102 valence electrons. The second kappa shape index (κ2) is 5.84. The molecule has 0 saturated carbocycles. The lowest BCUT2D eigenvalue weighted by molar-refractivity contribution is -0.120. The predicted molar refractivity (Wildman–Crippen MR) is 74.1 cm³/mol. The van der Waals surface area contributed by atoms with E-state index < -0.39 is 0 Å². The molecule has 1 aliphatic heterocycles. The maximum atomic E-state index is 11.9. The summed E-state index contributed by atoms with van der Waals surface area (Å²) >= 11 is 0. The zero-order chi connectivity index (χ0) is 13.8. The van der Waals surface area contributed by atoms with Crippen LogP contribution in [0.4, 0.5) is 0 Å². The highest BCUT2D eigenvalue weighted by Crippen LogP contribution is 2.19. The first kappa shape index (κ1) is 13.5. The number of aryl methyl sites for hydroxylation is 2. The van der Waals surface area contributed by atoms with Crippen molar-refractivity contribution in [1.29, 1.82) is 0 Å². The zero-order valence-electron chi connectivity index (χ0n) is 11.5. The molecule has 1 aromatic rings. The van der Waals surface area contributed by atoms with Crippen LogP contribution in [0.1, 0.15) is 22.7 Å². The summed E-state index contributed by atoms with van der Waals surface area (Å²) < 4.78 is 4.92. The SMILES string of the molecule is COCCN=C1NC(=O)C(c2ccc(C)c(C)c2)N1. The molecule has 0 bridgehead atoms. The number of methoxy groups -OCH3 is 1. The Labute approximate surface area is 113 Å². The molecule has 1 aliphatic rings. The fourth-order valence-electron chi connectivity index (χ4n) is 1.94. The van der Waals surface area contributed by atoms with Crippen molar-refractivity contribution >= 4 is 11.9 Å². The Morgan fingerprint density at radius 1 is 1.32 bits per heavy atom. The van der Waals surface area contributed by atoms with Gasteiger partial charge in [0.15, 0.2) is 5.96 Å². The summed E-state index contributed by atoms with van der Waals surface area (Å²) in [5.41, 5.74) is 3.35. The summed E-state index contributed by atoms with van der Waals surface area (Å²) in [6.07, 6.45) is 0. The van der Waals surface area contributed by atoms with Crippen LogP contribution in [-0.4, -0.2) is 32.1 Å². The number of guanidine groups is 1. The Morgan fingerprint density at radius 2 is 2.11 bits per heavy atom. The van der Waals surface area contributed by atoms with Crippen molar-refractivity contribution in [1.82, 2.24) is 10.6 Å². The number of nitrogens with one attached hydrogen (secondary N) is 2. The molecular formula is C14H19N3O2. The molecule has 1 unspecified atom stereocenters. The van der Waals surface area contributed by atoms with E-state index in [0.717, 1.165) is 5.56 Å². The number of nitrogens with zero attached hydrogens (tertiary/aromatic N) is 1. The molecule has 1 heterocycles. The maximum absolute atomic E-state index is 11.9. The topological polar surface area (TPSA) is 62.7 Å². The summed E-state index contributed by atoms with van der Waals surface area (Å²) in [7, 11) is 1.62. The number of aliphatic imine (C=N–C) groups is 1. The van der Waals surface area contributed by atoms with Crippen molar-refractivity contribution in [2.75, 3.05) is 20.3 Å². The molecule has 1 amide bonds. The highest BCUT2D eigenvalue weighted by Gasteiger charge is 2.29. The van der Waals surface area contributed by atoms with Crippen molar-refractivity contribution < 1.29 is 9.53 Å². The van der Waals surface area contributed by atoms with E-state index >= 15 is 0 Å². The third-order valence-corrected chi connectivity index (χ3v) is 3.21. The highest BCUT2D eigenvalue weighted by molar-refractivity contribution is 6.06. The van der Waals surface area contributed by atoms with Crippen LogP contribution in [0.25, 0.3) is 0 Å². The number of carbonyl (C=O) groups is 1. The minimum Gasteiger partial charge on any atom is -0.383 e. The summed E-state index contributed by atoms with van der Waals surface area (Å²) in [6, 6.07) is 5.67. The van der Waals surface area contributed by atoms with Gasteiger partial charge in [-0.3, -0.25) is 15.1 Å². The van der Waals surface area contributed by atoms with E-state index in [1.165, 1.54) is 11.1 Å². The summed E-state index contributed by atoms with van der Waals surface area (Å²) in [5, 5.41) is 5.84. The van der Waals surface area contributed by atoms with Crippen LogP contribution < -0.4 is 10.6 Å². The van der Waals surface area contributed by atoms with Crippen molar-refractivity contribution in [3.05, 3.63) is 34.9 Å². The lowest BCUT2D eigenvalue weighted by Gasteiger charge is -2.10. The van der Waals surface area contributed by atoms with Gasteiger partial charge in [-0.05, 0) is 30.5 Å². The molecule has 0 aliphatic carbocycles. The van der Waals surface area contributed by atoms with Gasteiger partial charge in [-0.25, -0.2) is 0 Å². The molecular weight excluding hydrogens is 242 g/mol. The van der Waals surface area contributed by atoms with Gasteiger partial charge in [0.05, 0.1) is 13.2 Å². The van der Waals surface area contributed by atoms with Crippen LogP contribution in [0.5, 0.6) is 0 Å². The van der Waals surface area contributed by atoms with Crippen LogP contribution in [0.15, 0.2) is 23.2 Å². The van der Waals surface area contributed by atoms with E-state index in [-0.39, 0.29) is 11.9 Å². The van der Waals surface area contributed by atoms with E-state index in [1.807, 2.05) is 25.1 Å². The molecule has 0 aromatic heterocycles. The fourth-order valence-corrected chi connectivity index (χ4v) is 1.94. The zero-order valence-corrected chi connectivity index (χ0v) is 11.5. The number of ether oxygens (including phenoxy) is 1. The van der Waals surface area contributed by atoms with Gasteiger partial charge >= 0.3 is 0 Å². The average molecular weight is 261 g/mol. The highest BCUT2D eigenvalue weighted by atomic mass is 16.5. The van der Waals surface area contributed by atoms with E-state index in [0.29, 0.717) is 19.1 Å². The Balaban J connectivity index is 2.11. The Hall–Kier alpha value is -1.88. The van der Waals surface area contributed by atoms with Crippen molar-refractivity contribution in [2.45, 2.75) is 19.9 Å². The molecule has 2 N–H and O–H groups in total. The number of benzene rings is 1. The second-order valence-corrected chi connectivity index (χ2v) is 4.63. The van der Waals surface area contributed by atoms with Crippen molar-refractivity contribution in [3.63, 3.8) is 0 Å². The van der Waals surface area contributed by atoms with Gasteiger partial charge in [0, 0.05) is 7.11 Å². The minimum absolute atomic E-state index is 0.0700. The van der Waals surface area contributed by atoms with E-state index in [1.54, 1.807) is 7.11 Å². The van der Waals surface area contributed by atoms with E-state index in [9.17, 15) is 4.79 Å². The molecule has 5 nitrogen and oxygen atoms in total. The lowest BCUT2D eigenvalue weighted by atomic mass is 10.0. The number of rotatable bonds is 4. The van der Waals surface area contributed by atoms with Gasteiger partial charge in [0.1, 0.15) is 6.04 Å². The smallest absolute Gasteiger partial charge is 0.253 e. The Morgan fingerprint density at radius 3 is 2.79 bits per heavy atom. The molecule has 1 atom stereocenters. The predicted octanol–water partition coefficient (Wildman–Crippen LogP) is 1.07. The Bertz CT molecular complexity index is 511. The van der Waals surface area contributed by atoms with Crippen LogP contribution in [0.3, 0.4) is 0 Å². The molecule has 19 heavy (non-hydrogen) atoms. The second-order valence-electron chi connectivity index (χ2n) is 4.63. The van der Waals surface area contributed by atoms with Gasteiger partial charge in [-0.15, -0.1) is 0 Å². The van der Waals surface area contributed by atoms with Crippen molar-refractivity contribution in [3.8, 4) is 0 Å². The minimum atomic E-state index is -0.361. The lowest BCUT2D eigenvalue weighted by Crippen LogP contribution is -2.26. The van der Waals surface area contributed by atoms with Gasteiger partial charge in [-0.1, -0.05) is 18.2 Å². The number of carbonyl (C=O) groups excluding carboxylic acids is 1. The van der Waals surface area contributed by atoms with Crippen LogP contribution in [0, 0.1) is 13.8 Å². The number of hydrogen-bond donors (Lipinski definition) is 2. The third-order valence-electron chi connectivity index (χ3n) is 3.21. The van der Waals surface area contributed by atoms with Crippen LogP contribution >= 0.6 is 0 Å². The van der Waals surface area contributed by atoms with Crippen LogP contribution in [-0.2, 0) is 9.53 Å². The first-order valence-corrected chi connectivity index (χ1v) is 6.29. The largest absolute Gasteiger partial charge is 0.383 e. The van der Waals surface area contributed by atoms with Gasteiger partial charge in [-0.2, -0.15) is 0 Å². The summed E-state index contributed by atoms with van der Waals surface area (Å²) in [4.78, 5) is 16.2. The molecule has 0 spiro atoms. The normalized spacial score (nSPS) is 20.5. The summed E-state index contributed by atoms with van der Waals surface area (Å²) in [6.45, 7) is 5.16.